The maximum Gasteiger partial charge on any atom is 0.229 e. The van der Waals surface area contributed by atoms with Crippen molar-refractivity contribution < 1.29 is 4.79 Å². The molecular formula is C21H25N3OS. The van der Waals surface area contributed by atoms with E-state index in [2.05, 4.69) is 30.0 Å². The predicted octanol–water partition coefficient (Wildman–Crippen LogP) is 4.34. The molecular weight excluding hydrogens is 342 g/mol. The number of rotatable bonds is 2. The first-order chi connectivity index (χ1) is 12.7. The average molecular weight is 368 g/mol. The highest BCUT2D eigenvalue weighted by Crippen LogP contribution is 2.44. The summed E-state index contributed by atoms with van der Waals surface area (Å²) >= 11 is 1.68. The van der Waals surface area contributed by atoms with Gasteiger partial charge in [-0.1, -0.05) is 55.3 Å². The smallest absolute Gasteiger partial charge is 0.229 e. The Labute approximate surface area is 159 Å². The fourth-order valence-corrected chi connectivity index (χ4v) is 5.74. The van der Waals surface area contributed by atoms with Gasteiger partial charge in [0, 0.05) is 18.4 Å². The van der Waals surface area contributed by atoms with Gasteiger partial charge in [0.05, 0.1) is 29.2 Å². The topological polar surface area (TPSA) is 47.3 Å². The van der Waals surface area contributed by atoms with Crippen LogP contribution in [0.2, 0.25) is 0 Å². The molecule has 1 aromatic rings. The van der Waals surface area contributed by atoms with Gasteiger partial charge in [0.2, 0.25) is 5.91 Å². The maximum absolute atomic E-state index is 13.0. The van der Waals surface area contributed by atoms with Gasteiger partial charge < -0.3 is 0 Å². The number of thioether (sulfide) groups is 1. The molecule has 136 valence electrons. The number of fused-ring (bicyclic) bond motifs is 1. The van der Waals surface area contributed by atoms with Gasteiger partial charge in [0.15, 0.2) is 0 Å². The van der Waals surface area contributed by atoms with Gasteiger partial charge in [-0.2, -0.15) is 5.26 Å². The predicted molar refractivity (Wildman–Crippen MR) is 104 cm³/mol. The van der Waals surface area contributed by atoms with Gasteiger partial charge >= 0.3 is 0 Å². The van der Waals surface area contributed by atoms with Crippen molar-refractivity contribution in [3.05, 3.63) is 46.0 Å². The fraction of sp³-hybridized carbons (Fsp3) is 0.524. The summed E-state index contributed by atoms with van der Waals surface area (Å²) in [5.41, 5.74) is 3.03. The minimum absolute atomic E-state index is 0.103. The van der Waals surface area contributed by atoms with Crippen LogP contribution in [0.5, 0.6) is 0 Å². The summed E-state index contributed by atoms with van der Waals surface area (Å²) in [7, 11) is 0. The number of carbonyl (C=O) groups excluding carboxylic acids is 1. The van der Waals surface area contributed by atoms with E-state index in [-0.39, 0.29) is 11.8 Å². The first-order valence-electron chi connectivity index (χ1n) is 9.56. The zero-order valence-electron chi connectivity index (χ0n) is 15.3. The van der Waals surface area contributed by atoms with Gasteiger partial charge in [-0.05, 0) is 30.9 Å². The Hall–Kier alpha value is -1.77. The quantitative estimate of drug-likeness (QED) is 0.780. The third-order valence-electron chi connectivity index (χ3n) is 5.97. The second-order valence-electron chi connectivity index (χ2n) is 7.56. The minimum Gasteiger partial charge on any atom is -0.292 e. The van der Waals surface area contributed by atoms with Gasteiger partial charge in [-0.25, -0.2) is 0 Å². The van der Waals surface area contributed by atoms with E-state index in [1.165, 1.54) is 32.1 Å². The van der Waals surface area contributed by atoms with E-state index in [0.29, 0.717) is 19.1 Å². The summed E-state index contributed by atoms with van der Waals surface area (Å²) in [5.74, 6) is 0.934. The van der Waals surface area contributed by atoms with Gasteiger partial charge in [-0.15, -0.1) is 0 Å². The van der Waals surface area contributed by atoms with Crippen LogP contribution in [0.4, 0.5) is 0 Å². The van der Waals surface area contributed by atoms with Gasteiger partial charge in [0.1, 0.15) is 0 Å². The first kappa shape index (κ1) is 17.6. The van der Waals surface area contributed by atoms with Crippen LogP contribution >= 0.6 is 11.8 Å². The molecule has 3 aliphatic rings. The van der Waals surface area contributed by atoms with Crippen molar-refractivity contribution in [1.82, 2.24) is 9.80 Å². The third kappa shape index (κ3) is 3.17. The molecule has 4 rings (SSSR count). The van der Waals surface area contributed by atoms with Gasteiger partial charge in [-0.3, -0.25) is 14.6 Å². The molecule has 0 radical (unpaired) electrons. The van der Waals surface area contributed by atoms with Crippen molar-refractivity contribution in [3.63, 3.8) is 0 Å². The van der Waals surface area contributed by atoms with Crippen LogP contribution in [0.25, 0.3) is 0 Å². The van der Waals surface area contributed by atoms with Crippen LogP contribution in [0.1, 0.15) is 55.6 Å². The van der Waals surface area contributed by atoms with E-state index in [1.807, 2.05) is 17.0 Å². The van der Waals surface area contributed by atoms with E-state index in [1.54, 1.807) is 11.8 Å². The van der Waals surface area contributed by atoms with Crippen LogP contribution < -0.4 is 0 Å². The van der Waals surface area contributed by atoms with Crippen LogP contribution in [0.15, 0.2) is 34.9 Å². The lowest BCUT2D eigenvalue weighted by atomic mass is 9.84. The second kappa shape index (κ2) is 7.46. The largest absolute Gasteiger partial charge is 0.292 e. The first-order valence-corrected chi connectivity index (χ1v) is 10.5. The Morgan fingerprint density at radius 3 is 2.69 bits per heavy atom. The molecule has 2 fully saturated rings. The Morgan fingerprint density at radius 2 is 1.96 bits per heavy atom. The number of hydrogen-bond donors (Lipinski definition) is 0. The number of carbonyl (C=O) groups is 1. The molecule has 0 bridgehead atoms. The maximum atomic E-state index is 13.0. The lowest BCUT2D eigenvalue weighted by Gasteiger charge is -2.45. The number of amides is 1. The van der Waals surface area contributed by atoms with Crippen LogP contribution in [0, 0.1) is 18.3 Å². The Balaban J connectivity index is 1.63. The molecule has 1 saturated heterocycles. The zero-order chi connectivity index (χ0) is 18.1. The van der Waals surface area contributed by atoms with E-state index in [0.717, 1.165) is 27.6 Å². The standard InChI is InChI=1S/C21H25N3OS/c1-15-7-5-6-10-17(15)18-11-20(25)24-13-23(16-8-3-2-4-9-16)14-26-21(24)19(18)12-22/h5-7,10,16,18H,2-4,8-9,11,13-14H2,1H3/t18-/m1/s1. The molecule has 2 heterocycles. The average Bonchev–Trinajstić information content (AvgIpc) is 2.69. The second-order valence-corrected chi connectivity index (χ2v) is 8.49. The molecule has 26 heavy (non-hydrogen) atoms. The normalized spacial score (nSPS) is 25.2. The Morgan fingerprint density at radius 1 is 1.19 bits per heavy atom. The lowest BCUT2D eigenvalue weighted by molar-refractivity contribution is -0.132. The van der Waals surface area contributed by atoms with E-state index >= 15 is 0 Å². The number of aryl methyl sites for hydroxylation is 1. The van der Waals surface area contributed by atoms with Crippen molar-refractivity contribution in [3.8, 4) is 6.07 Å². The molecule has 0 unspecified atom stereocenters. The molecule has 1 aliphatic carbocycles. The Bertz CT molecular complexity index is 776. The van der Waals surface area contributed by atoms with E-state index < -0.39 is 0 Å². The van der Waals surface area contributed by atoms with E-state index in [4.69, 9.17) is 0 Å². The van der Waals surface area contributed by atoms with Crippen LogP contribution in [-0.4, -0.2) is 34.3 Å². The molecule has 5 heteroatoms. The SMILES string of the molecule is Cc1ccccc1[C@H]1CC(=O)N2CN(C3CCCCC3)CSC2=C1C#N. The highest BCUT2D eigenvalue weighted by molar-refractivity contribution is 8.03. The van der Waals surface area contributed by atoms with Crippen molar-refractivity contribution in [2.24, 2.45) is 0 Å². The summed E-state index contributed by atoms with van der Waals surface area (Å²) in [6, 6.07) is 11.2. The Kier molecular flexibility index (Phi) is 5.06. The summed E-state index contributed by atoms with van der Waals surface area (Å²) in [6.07, 6.45) is 6.79. The van der Waals surface area contributed by atoms with Crippen molar-refractivity contribution in [1.29, 1.82) is 5.26 Å². The lowest BCUT2D eigenvalue weighted by Crippen LogP contribution is -2.51. The summed E-state index contributed by atoms with van der Waals surface area (Å²) in [6.45, 7) is 2.71. The van der Waals surface area contributed by atoms with Gasteiger partial charge in [0.25, 0.3) is 0 Å². The number of nitriles is 1. The van der Waals surface area contributed by atoms with Crippen LogP contribution in [-0.2, 0) is 4.79 Å². The number of hydrogen-bond acceptors (Lipinski definition) is 4. The molecule has 1 atom stereocenters. The van der Waals surface area contributed by atoms with Crippen LogP contribution in [0.3, 0.4) is 0 Å². The molecule has 4 nitrogen and oxygen atoms in total. The highest BCUT2D eigenvalue weighted by Gasteiger charge is 2.39. The summed E-state index contributed by atoms with van der Waals surface area (Å²) in [5, 5.41) is 10.8. The molecule has 2 aliphatic heterocycles. The molecule has 1 saturated carbocycles. The zero-order valence-corrected chi connectivity index (χ0v) is 16.1. The van der Waals surface area contributed by atoms with Crippen molar-refractivity contribution in [2.75, 3.05) is 12.5 Å². The summed E-state index contributed by atoms with van der Waals surface area (Å²) < 4.78 is 0. The molecule has 0 N–H and O–H groups in total. The molecule has 1 amide bonds. The third-order valence-corrected chi connectivity index (χ3v) is 7.14. The molecule has 1 aromatic carbocycles. The molecule has 0 aromatic heterocycles. The monoisotopic (exact) mass is 367 g/mol. The fourth-order valence-electron chi connectivity index (χ4n) is 4.50. The highest BCUT2D eigenvalue weighted by atomic mass is 32.2. The number of allylic oxidation sites excluding steroid dienone is 1. The van der Waals surface area contributed by atoms with E-state index in [9.17, 15) is 10.1 Å². The van der Waals surface area contributed by atoms with Crippen molar-refractivity contribution >= 4 is 17.7 Å². The van der Waals surface area contributed by atoms with Crippen molar-refractivity contribution in [2.45, 2.75) is 57.4 Å². The number of nitrogens with zero attached hydrogens (tertiary/aromatic N) is 3. The minimum atomic E-state index is -0.103. The summed E-state index contributed by atoms with van der Waals surface area (Å²) in [4.78, 5) is 17.3. The molecule has 0 spiro atoms. The number of benzene rings is 1.